The molecule has 34 heavy (non-hydrogen) atoms. The second kappa shape index (κ2) is 8.11. The van der Waals surface area contributed by atoms with Crippen LogP contribution in [0.15, 0.2) is 24.3 Å². The lowest BCUT2D eigenvalue weighted by molar-refractivity contribution is -0.0461. The Bertz CT molecular complexity index is 1070. The standard InChI is InChI=1S/C26H30O8/c1-25(2)21(23(27)13-9-17(29-5)19(31-7)11-15(13)33-25)22-24(28)14-10-18(30-6)20(32-8)12-16(14)34-26(22,3)4/h9-12,21-22H,1-8H3. The maximum atomic E-state index is 13.9. The van der Waals surface area contributed by atoms with Gasteiger partial charge in [-0.25, -0.2) is 0 Å². The summed E-state index contributed by atoms with van der Waals surface area (Å²) >= 11 is 0. The summed E-state index contributed by atoms with van der Waals surface area (Å²) in [5, 5.41) is 0. The van der Waals surface area contributed by atoms with Gasteiger partial charge in [-0.1, -0.05) is 0 Å². The minimum absolute atomic E-state index is 0.217. The summed E-state index contributed by atoms with van der Waals surface area (Å²) in [7, 11) is 6.04. The van der Waals surface area contributed by atoms with Crippen molar-refractivity contribution in [2.45, 2.75) is 38.9 Å². The van der Waals surface area contributed by atoms with Crippen molar-refractivity contribution in [3.05, 3.63) is 35.4 Å². The fourth-order valence-electron chi connectivity index (χ4n) is 5.04. The summed E-state index contributed by atoms with van der Waals surface area (Å²) in [6.45, 7) is 7.23. The number of ether oxygens (including phenoxy) is 6. The molecule has 0 aromatic heterocycles. The predicted molar refractivity (Wildman–Crippen MR) is 124 cm³/mol. The Hall–Kier alpha value is -3.42. The van der Waals surface area contributed by atoms with Gasteiger partial charge in [-0.15, -0.1) is 0 Å². The lowest BCUT2D eigenvalue weighted by atomic mass is 9.64. The van der Waals surface area contributed by atoms with Crippen molar-refractivity contribution in [2.24, 2.45) is 11.8 Å². The number of carbonyl (C=O) groups is 2. The van der Waals surface area contributed by atoms with Gasteiger partial charge in [0.05, 0.1) is 51.4 Å². The molecule has 0 spiro atoms. The molecule has 2 aromatic rings. The van der Waals surface area contributed by atoms with Crippen molar-refractivity contribution in [1.82, 2.24) is 0 Å². The lowest BCUT2D eigenvalue weighted by Crippen LogP contribution is -2.59. The van der Waals surface area contributed by atoms with Crippen molar-refractivity contribution in [2.75, 3.05) is 28.4 Å². The Labute approximate surface area is 199 Å². The van der Waals surface area contributed by atoms with Crippen LogP contribution in [0.3, 0.4) is 0 Å². The van der Waals surface area contributed by atoms with Gasteiger partial charge >= 0.3 is 0 Å². The van der Waals surface area contributed by atoms with Crippen LogP contribution >= 0.6 is 0 Å². The van der Waals surface area contributed by atoms with Crippen molar-refractivity contribution < 1.29 is 38.0 Å². The molecular weight excluding hydrogens is 440 g/mol. The van der Waals surface area contributed by atoms with Gasteiger partial charge in [-0.2, -0.15) is 0 Å². The zero-order chi connectivity index (χ0) is 25.0. The topological polar surface area (TPSA) is 89.5 Å². The van der Waals surface area contributed by atoms with Crippen LogP contribution < -0.4 is 28.4 Å². The van der Waals surface area contributed by atoms with Gasteiger partial charge in [-0.3, -0.25) is 9.59 Å². The molecule has 2 unspecified atom stereocenters. The van der Waals surface area contributed by atoms with E-state index < -0.39 is 23.0 Å². The average molecular weight is 471 g/mol. The fraction of sp³-hybridized carbons (Fsp3) is 0.462. The van der Waals surface area contributed by atoms with E-state index in [1.807, 2.05) is 27.7 Å². The molecule has 182 valence electrons. The third kappa shape index (κ3) is 3.52. The van der Waals surface area contributed by atoms with Crippen LogP contribution in [0.1, 0.15) is 48.4 Å². The monoisotopic (exact) mass is 470 g/mol. The number of fused-ring (bicyclic) bond motifs is 2. The predicted octanol–water partition coefficient (Wildman–Crippen LogP) is 4.36. The Balaban J connectivity index is 1.85. The van der Waals surface area contributed by atoms with Crippen LogP contribution in [0.25, 0.3) is 0 Å². The first-order valence-electron chi connectivity index (χ1n) is 11.0. The van der Waals surface area contributed by atoms with Crippen molar-refractivity contribution in [3.8, 4) is 34.5 Å². The van der Waals surface area contributed by atoms with E-state index in [1.54, 1.807) is 24.3 Å². The number of hydrogen-bond acceptors (Lipinski definition) is 8. The van der Waals surface area contributed by atoms with Gasteiger partial charge in [0.1, 0.15) is 22.7 Å². The third-order valence-corrected chi connectivity index (χ3v) is 6.64. The van der Waals surface area contributed by atoms with Gasteiger partial charge < -0.3 is 28.4 Å². The zero-order valence-electron chi connectivity index (χ0n) is 20.7. The second-order valence-corrected chi connectivity index (χ2v) is 9.50. The first-order valence-corrected chi connectivity index (χ1v) is 11.0. The number of rotatable bonds is 5. The summed E-state index contributed by atoms with van der Waals surface area (Å²) in [6, 6.07) is 6.48. The first-order chi connectivity index (χ1) is 16.0. The van der Waals surface area contributed by atoms with E-state index in [4.69, 9.17) is 28.4 Å². The maximum absolute atomic E-state index is 13.9. The van der Waals surface area contributed by atoms with Crippen molar-refractivity contribution >= 4 is 11.6 Å². The molecule has 0 N–H and O–H groups in total. The second-order valence-electron chi connectivity index (χ2n) is 9.50. The van der Waals surface area contributed by atoms with E-state index in [0.717, 1.165) is 0 Å². The molecule has 2 heterocycles. The first kappa shape index (κ1) is 23.7. The smallest absolute Gasteiger partial charge is 0.174 e. The molecule has 4 rings (SSSR count). The normalized spacial score (nSPS) is 22.0. The summed E-state index contributed by atoms with van der Waals surface area (Å²) in [5.41, 5.74) is -1.33. The third-order valence-electron chi connectivity index (χ3n) is 6.64. The molecule has 8 heteroatoms. The summed E-state index contributed by atoms with van der Waals surface area (Å²) in [4.78, 5) is 27.9. The summed E-state index contributed by atoms with van der Waals surface area (Å²) in [6.07, 6.45) is 0. The highest BCUT2D eigenvalue weighted by atomic mass is 16.5. The molecule has 0 radical (unpaired) electrons. The quantitative estimate of drug-likeness (QED) is 0.637. The largest absolute Gasteiger partial charge is 0.493 e. The highest BCUT2D eigenvalue weighted by Crippen LogP contribution is 2.51. The van der Waals surface area contributed by atoms with Crippen LogP contribution in [0.5, 0.6) is 34.5 Å². The van der Waals surface area contributed by atoms with Gasteiger partial charge in [0.2, 0.25) is 0 Å². The molecule has 0 fully saturated rings. The molecule has 0 amide bonds. The molecule has 8 nitrogen and oxygen atoms in total. The molecule has 0 aliphatic carbocycles. The highest BCUT2D eigenvalue weighted by Gasteiger charge is 2.57. The fourth-order valence-corrected chi connectivity index (χ4v) is 5.04. The van der Waals surface area contributed by atoms with Crippen LogP contribution in [-0.4, -0.2) is 51.2 Å². The van der Waals surface area contributed by atoms with E-state index in [2.05, 4.69) is 0 Å². The average Bonchev–Trinajstić information content (AvgIpc) is 2.78. The van der Waals surface area contributed by atoms with Gasteiger partial charge in [0, 0.05) is 12.1 Å². The van der Waals surface area contributed by atoms with E-state index in [1.165, 1.54) is 28.4 Å². The molecule has 2 aliphatic heterocycles. The SMILES string of the molecule is COc1cc2c(cc1OC)C(=O)C(C1C(=O)c3cc(OC)c(OC)cc3OC1(C)C)C(C)(C)O2. The molecule has 0 bridgehead atoms. The number of carbonyl (C=O) groups excluding carboxylic acids is 2. The molecule has 0 saturated heterocycles. The Kier molecular flexibility index (Phi) is 5.66. The minimum Gasteiger partial charge on any atom is -0.493 e. The molecular formula is C26H30O8. The number of ketones is 2. The number of Topliss-reactive ketones (excluding diaryl/α,β-unsaturated/α-hetero) is 2. The van der Waals surface area contributed by atoms with Crippen molar-refractivity contribution in [1.29, 1.82) is 0 Å². The molecule has 0 saturated carbocycles. The highest BCUT2D eigenvalue weighted by molar-refractivity contribution is 6.09. The Morgan fingerprint density at radius 3 is 1.18 bits per heavy atom. The van der Waals surface area contributed by atoms with E-state index in [-0.39, 0.29) is 11.6 Å². The van der Waals surface area contributed by atoms with Crippen LogP contribution in [0.4, 0.5) is 0 Å². The summed E-state index contributed by atoms with van der Waals surface area (Å²) in [5.74, 6) is 0.427. The molecule has 2 atom stereocenters. The minimum atomic E-state index is -1.00. The number of benzene rings is 2. The van der Waals surface area contributed by atoms with Crippen LogP contribution in [0, 0.1) is 11.8 Å². The van der Waals surface area contributed by atoms with Gasteiger partial charge in [-0.05, 0) is 39.8 Å². The zero-order valence-corrected chi connectivity index (χ0v) is 20.7. The van der Waals surface area contributed by atoms with Gasteiger partial charge in [0.25, 0.3) is 0 Å². The van der Waals surface area contributed by atoms with E-state index in [0.29, 0.717) is 45.6 Å². The number of hydrogen-bond donors (Lipinski definition) is 0. The van der Waals surface area contributed by atoms with Crippen molar-refractivity contribution in [3.63, 3.8) is 0 Å². The molecule has 2 aliphatic rings. The van der Waals surface area contributed by atoms with E-state index in [9.17, 15) is 9.59 Å². The molecule has 2 aromatic carbocycles. The Morgan fingerprint density at radius 1 is 0.588 bits per heavy atom. The summed E-state index contributed by atoms with van der Waals surface area (Å²) < 4.78 is 34.1. The van der Waals surface area contributed by atoms with Crippen LogP contribution in [0.2, 0.25) is 0 Å². The van der Waals surface area contributed by atoms with Crippen LogP contribution in [-0.2, 0) is 0 Å². The Morgan fingerprint density at radius 2 is 0.882 bits per heavy atom. The lowest BCUT2D eigenvalue weighted by Gasteiger charge is -2.48. The maximum Gasteiger partial charge on any atom is 0.174 e. The van der Waals surface area contributed by atoms with E-state index >= 15 is 0 Å². The number of methoxy groups -OCH3 is 4. The van der Waals surface area contributed by atoms with Gasteiger partial charge in [0.15, 0.2) is 34.6 Å².